The van der Waals surface area contributed by atoms with Gasteiger partial charge in [-0.05, 0) is 0 Å². The highest BCUT2D eigenvalue weighted by molar-refractivity contribution is 8.15. The zero-order valence-electron chi connectivity index (χ0n) is 15.2. The van der Waals surface area contributed by atoms with Gasteiger partial charge in [0.1, 0.15) is 0 Å². The van der Waals surface area contributed by atoms with Crippen LogP contribution in [0.3, 0.4) is 0 Å². The summed E-state index contributed by atoms with van der Waals surface area (Å²) in [5.41, 5.74) is 0. The lowest BCUT2D eigenvalue weighted by atomic mass is 8.43. The van der Waals surface area contributed by atoms with E-state index in [4.69, 9.17) is 0 Å². The SMILES string of the molecule is BBB(B)B(B(BB)B(B)B)B(B(B)B)B(C)BB. The molecule has 0 fully saturated rings. The molecule has 0 nitrogen and oxygen atoms in total. The minimum atomic E-state index is 0.807. The lowest BCUT2D eigenvalue weighted by Crippen LogP contribution is -2.77. The summed E-state index contributed by atoms with van der Waals surface area (Å²) in [6.45, 7) is 3.33. The molecule has 80 valence electrons. The normalized spacial score (nSPS) is 8.89. The van der Waals surface area contributed by atoms with Crippen LogP contribution in [-0.4, -0.2) is 128 Å². The van der Waals surface area contributed by atoms with Crippen LogP contribution in [0.5, 0.6) is 0 Å². The summed E-state index contributed by atoms with van der Waals surface area (Å²) in [5, 5.41) is 0. The van der Waals surface area contributed by atoms with E-state index in [0.717, 1.165) is 44.8 Å². The predicted molar refractivity (Wildman–Crippen MR) is 136 cm³/mol. The molecule has 0 aliphatic carbocycles. The predicted octanol–water partition coefficient (Wildman–Crippen LogP) is -11.4. The molecule has 0 unspecified atom stereocenters. The van der Waals surface area contributed by atoms with Gasteiger partial charge in [-0.15, -0.1) is 6.82 Å². The molecular formula is CH22B18. The molecule has 0 rings (SSSR count). The Bertz CT molecular complexity index is 222. The second-order valence-corrected chi connectivity index (χ2v) is 7.49. The maximum atomic E-state index is 2.49. The Morgan fingerprint density at radius 3 is 1.47 bits per heavy atom. The van der Waals surface area contributed by atoms with Gasteiger partial charge < -0.3 is 0 Å². The molecule has 0 N–H and O–H groups in total. The molecule has 0 saturated heterocycles. The molecule has 0 atom stereocenters. The fourth-order valence-electron chi connectivity index (χ4n) is 4.30. The summed E-state index contributed by atoms with van der Waals surface area (Å²) in [5.74, 6) is 0. The summed E-state index contributed by atoms with van der Waals surface area (Å²) in [6.07, 6.45) is 5.14. The average Bonchev–Trinajstić information content (AvgIpc) is 2.36. The Hall–Kier alpha value is 1.17. The van der Waals surface area contributed by atoms with Crippen LogP contribution in [-0.2, 0) is 0 Å². The highest BCUT2D eigenvalue weighted by atomic mass is 13.3. The molecule has 0 aromatic heterocycles. The maximum absolute atomic E-state index is 2.49. The van der Waals surface area contributed by atoms with E-state index >= 15 is 0 Å². The van der Waals surface area contributed by atoms with Crippen LogP contribution in [0.15, 0.2) is 0 Å². The molecule has 0 aromatic carbocycles. The number of hydrogen-bond donors (Lipinski definition) is 0. The summed E-state index contributed by atoms with van der Waals surface area (Å²) >= 11 is 0. The van der Waals surface area contributed by atoms with Crippen LogP contribution in [0.1, 0.15) is 0 Å². The number of hydrogen-bond acceptors (Lipinski definition) is 0. The molecule has 0 aliphatic rings. The Labute approximate surface area is 134 Å². The zero-order chi connectivity index (χ0) is 15.2. The van der Waals surface area contributed by atoms with E-state index in [-0.39, 0.29) is 0 Å². The fraction of sp³-hybridized carbons (Fsp3) is 1.00. The van der Waals surface area contributed by atoms with Crippen LogP contribution >= 0.6 is 0 Å². The first-order valence-electron chi connectivity index (χ1n) is 8.81. The summed E-state index contributed by atoms with van der Waals surface area (Å²) in [4.78, 5) is 0. The van der Waals surface area contributed by atoms with Crippen LogP contribution in [0.2, 0.25) is 6.82 Å². The molecular weight excluding hydrogens is 207 g/mol. The Kier molecular flexibility index (Phi) is 10.6. The van der Waals surface area contributed by atoms with Gasteiger partial charge in [-0.1, -0.05) is 0 Å². The Morgan fingerprint density at radius 2 is 1.21 bits per heavy atom. The molecule has 0 bridgehead atoms. The number of rotatable bonds is 9. The van der Waals surface area contributed by atoms with Crippen LogP contribution in [0, 0.1) is 0 Å². The van der Waals surface area contributed by atoms with Crippen molar-refractivity contribution in [3.8, 4) is 0 Å². The highest BCUT2D eigenvalue weighted by Gasteiger charge is 2.43. The smallest absolute Gasteiger partial charge is 0.0601 e. The van der Waals surface area contributed by atoms with E-state index in [2.05, 4.69) is 68.7 Å². The van der Waals surface area contributed by atoms with Gasteiger partial charge >= 0.3 is 0 Å². The van der Waals surface area contributed by atoms with Gasteiger partial charge in [0.25, 0.3) is 0 Å². The van der Waals surface area contributed by atoms with E-state index in [1.165, 1.54) is 21.2 Å². The monoisotopic (exact) mass is 232 g/mol. The second-order valence-electron chi connectivity index (χ2n) is 7.49. The molecule has 0 aromatic rings. The van der Waals surface area contributed by atoms with Gasteiger partial charge in [-0.2, -0.15) is 0 Å². The minimum absolute atomic E-state index is 0.807. The van der Waals surface area contributed by atoms with E-state index in [1.807, 2.05) is 0 Å². The van der Waals surface area contributed by atoms with E-state index in [1.54, 1.807) is 0 Å². The standard InChI is InChI=1S/CH22B18/c1-13(10-2)18(15(7)8)19(16(9)11-3)17(12-4)14(5)6/h10-12H,2-9H2,1H3. The summed E-state index contributed by atoms with van der Waals surface area (Å²) in [7, 11) is 23.4. The molecule has 0 heterocycles. The van der Waals surface area contributed by atoms with Crippen molar-refractivity contribution >= 4 is 128 Å². The lowest BCUT2D eigenvalue weighted by Gasteiger charge is -2.38. The van der Waals surface area contributed by atoms with Gasteiger partial charge in [0.05, 0.1) is 61.9 Å². The largest absolute Gasteiger partial charge is 0.101 e. The van der Waals surface area contributed by atoms with Crippen molar-refractivity contribution < 1.29 is 0 Å². The van der Waals surface area contributed by atoms with E-state index < -0.39 is 0 Å². The molecule has 0 amide bonds. The third-order valence-corrected chi connectivity index (χ3v) is 5.64. The lowest BCUT2D eigenvalue weighted by molar-refractivity contribution is 2.33. The third-order valence-electron chi connectivity index (χ3n) is 5.64. The molecule has 0 aliphatic heterocycles. The van der Waals surface area contributed by atoms with Crippen LogP contribution < -0.4 is 0 Å². The molecule has 19 heavy (non-hydrogen) atoms. The van der Waals surface area contributed by atoms with E-state index in [0.29, 0.717) is 0 Å². The Morgan fingerprint density at radius 1 is 0.684 bits per heavy atom. The Balaban J connectivity index is 5.39. The average molecular weight is 229 g/mol. The van der Waals surface area contributed by atoms with Crippen molar-refractivity contribution in [1.29, 1.82) is 0 Å². The maximum Gasteiger partial charge on any atom is 0.0601 e. The molecule has 0 radical (unpaired) electrons. The third kappa shape index (κ3) is 5.82. The molecule has 0 spiro atoms. The first-order valence-corrected chi connectivity index (χ1v) is 8.81. The van der Waals surface area contributed by atoms with Crippen LogP contribution in [0.25, 0.3) is 0 Å². The second kappa shape index (κ2) is 9.99. The topological polar surface area (TPSA) is 0 Å². The van der Waals surface area contributed by atoms with Gasteiger partial charge in [0.15, 0.2) is 0 Å². The van der Waals surface area contributed by atoms with Crippen molar-refractivity contribution in [1.82, 2.24) is 0 Å². The first kappa shape index (κ1) is 20.2. The van der Waals surface area contributed by atoms with Crippen molar-refractivity contribution in [2.24, 2.45) is 0 Å². The van der Waals surface area contributed by atoms with Crippen LogP contribution in [0.4, 0.5) is 0 Å². The highest BCUT2D eigenvalue weighted by Crippen LogP contribution is 2.04. The van der Waals surface area contributed by atoms with Crippen molar-refractivity contribution in [3.05, 3.63) is 0 Å². The van der Waals surface area contributed by atoms with Crippen molar-refractivity contribution in [2.75, 3.05) is 0 Å². The van der Waals surface area contributed by atoms with Crippen molar-refractivity contribution in [3.63, 3.8) is 0 Å². The van der Waals surface area contributed by atoms with Gasteiger partial charge in [-0.3, -0.25) is 0 Å². The fourth-order valence-corrected chi connectivity index (χ4v) is 4.30. The molecule has 18 heteroatoms. The molecule has 0 saturated carbocycles. The van der Waals surface area contributed by atoms with Gasteiger partial charge in [0.2, 0.25) is 0 Å². The summed E-state index contributed by atoms with van der Waals surface area (Å²) < 4.78 is 0. The zero-order valence-corrected chi connectivity index (χ0v) is 15.2. The van der Waals surface area contributed by atoms with Gasteiger partial charge in [0, 0.05) is 66.0 Å². The van der Waals surface area contributed by atoms with Gasteiger partial charge in [-0.25, -0.2) is 0 Å². The summed E-state index contributed by atoms with van der Waals surface area (Å²) in [6, 6.07) is 0. The van der Waals surface area contributed by atoms with Crippen molar-refractivity contribution in [2.45, 2.75) is 6.82 Å². The minimum Gasteiger partial charge on any atom is -0.101 e. The first-order chi connectivity index (χ1) is 8.81. The van der Waals surface area contributed by atoms with E-state index in [9.17, 15) is 0 Å². The quantitative estimate of drug-likeness (QED) is 0.344.